The molecule has 0 spiro atoms. The number of carbonyl (C=O) groups excluding carboxylic acids is 2. The number of aryl methyl sites for hydroxylation is 1. The molecule has 4 aromatic rings. The summed E-state index contributed by atoms with van der Waals surface area (Å²) in [5.41, 5.74) is 1.58. The first-order valence-corrected chi connectivity index (χ1v) is 12.4. The largest absolute Gasteiger partial charge is 0.476 e. The van der Waals surface area contributed by atoms with Gasteiger partial charge in [0.05, 0.1) is 23.7 Å². The minimum Gasteiger partial charge on any atom is -0.476 e. The third-order valence-electron chi connectivity index (χ3n) is 6.20. The number of carbonyl (C=O) groups is 2. The highest BCUT2D eigenvalue weighted by molar-refractivity contribution is 6.20. The van der Waals surface area contributed by atoms with Gasteiger partial charge in [-0.25, -0.2) is 13.8 Å². The number of nitrogens with one attached hydrogen (secondary N) is 2. The second-order valence-electron chi connectivity index (χ2n) is 8.63. The number of benzodiazepines with no additional fused rings is 1. The first-order valence-electron chi connectivity index (χ1n) is 12.4. The van der Waals surface area contributed by atoms with Crippen LogP contribution in [0.1, 0.15) is 35.3 Å². The Labute approximate surface area is 223 Å². The average Bonchev–Trinajstić information content (AvgIpc) is 3.24. The number of aliphatic imine (C=N–C) groups is 1. The monoisotopic (exact) mass is 529 g/mol. The van der Waals surface area contributed by atoms with Gasteiger partial charge in [-0.2, -0.15) is 0 Å². The number of hydrogen-bond donors (Lipinski definition) is 2. The van der Waals surface area contributed by atoms with Gasteiger partial charge in [-0.15, -0.1) is 5.10 Å². The van der Waals surface area contributed by atoms with Crippen molar-refractivity contribution in [2.75, 3.05) is 11.9 Å². The lowest BCUT2D eigenvalue weighted by atomic mass is 10.0. The number of amides is 2. The van der Waals surface area contributed by atoms with Crippen molar-refractivity contribution >= 4 is 23.2 Å². The van der Waals surface area contributed by atoms with Gasteiger partial charge in [0.1, 0.15) is 17.2 Å². The van der Waals surface area contributed by atoms with Crippen molar-refractivity contribution < 1.29 is 23.1 Å². The van der Waals surface area contributed by atoms with Gasteiger partial charge in [-0.05, 0) is 32.0 Å². The summed E-state index contributed by atoms with van der Waals surface area (Å²) in [4.78, 5) is 31.6. The smallest absolute Gasteiger partial charge is 0.269 e. The van der Waals surface area contributed by atoms with E-state index in [0.717, 1.165) is 0 Å². The molecule has 1 aliphatic heterocycles. The van der Waals surface area contributed by atoms with E-state index in [2.05, 4.69) is 20.7 Å². The Bertz CT molecular complexity index is 1580. The van der Waals surface area contributed by atoms with Crippen LogP contribution in [0.4, 0.5) is 14.5 Å². The number of para-hydroxylation sites is 1. The summed E-state index contributed by atoms with van der Waals surface area (Å²) in [5, 5.41) is 9.56. The maximum absolute atomic E-state index is 14.9. The van der Waals surface area contributed by atoms with Gasteiger partial charge in [-0.1, -0.05) is 54.6 Å². The number of halogens is 2. The molecule has 0 bridgehead atoms. The molecule has 0 unspecified atom stereocenters. The maximum Gasteiger partial charge on any atom is 0.269 e. The van der Waals surface area contributed by atoms with Crippen molar-refractivity contribution in [2.24, 2.45) is 4.99 Å². The lowest BCUT2D eigenvalue weighted by Gasteiger charge is -2.15. The number of aromatic nitrogens is 2. The van der Waals surface area contributed by atoms with E-state index in [4.69, 9.17) is 4.74 Å². The molecular formula is C29H25F2N5O3. The first kappa shape index (κ1) is 25.8. The summed E-state index contributed by atoms with van der Waals surface area (Å²) in [6.07, 6.45) is -1.44. The fourth-order valence-corrected chi connectivity index (χ4v) is 4.46. The normalized spacial score (nSPS) is 14.6. The Morgan fingerprint density at radius 1 is 0.974 bits per heavy atom. The molecule has 10 heteroatoms. The highest BCUT2D eigenvalue weighted by Crippen LogP contribution is 2.33. The molecule has 8 nitrogen and oxygen atoms in total. The molecule has 198 valence electrons. The molecule has 0 saturated heterocycles. The minimum absolute atomic E-state index is 0.00859. The van der Waals surface area contributed by atoms with E-state index in [1.54, 1.807) is 56.3 Å². The number of rotatable bonds is 7. The van der Waals surface area contributed by atoms with E-state index in [9.17, 15) is 18.4 Å². The van der Waals surface area contributed by atoms with Crippen LogP contribution in [0.25, 0.3) is 11.3 Å². The van der Waals surface area contributed by atoms with E-state index < -0.39 is 29.6 Å². The highest BCUT2D eigenvalue weighted by Gasteiger charge is 2.33. The van der Waals surface area contributed by atoms with Gasteiger partial charge in [-0.3, -0.25) is 14.3 Å². The molecule has 0 aliphatic carbocycles. The van der Waals surface area contributed by atoms with Crippen molar-refractivity contribution in [1.82, 2.24) is 15.1 Å². The molecule has 1 aromatic heterocycles. The van der Waals surface area contributed by atoms with Gasteiger partial charge >= 0.3 is 0 Å². The van der Waals surface area contributed by atoms with E-state index >= 15 is 0 Å². The van der Waals surface area contributed by atoms with Crippen LogP contribution in [0.3, 0.4) is 0 Å². The third-order valence-corrected chi connectivity index (χ3v) is 6.20. The average molecular weight is 530 g/mol. The summed E-state index contributed by atoms with van der Waals surface area (Å²) in [7, 11) is 0. The SMILES string of the molecule is CCOc1nn(CC)c(-c2ccccc2F)c1C(=O)N[C@H]1N=C(c2ccccc2)c2cccc(F)c2NC1=O. The van der Waals surface area contributed by atoms with Crippen molar-refractivity contribution in [2.45, 2.75) is 26.6 Å². The molecule has 1 atom stereocenters. The Balaban J connectivity index is 1.61. The maximum atomic E-state index is 14.9. The zero-order valence-electron chi connectivity index (χ0n) is 21.2. The lowest BCUT2D eigenvalue weighted by Crippen LogP contribution is -2.42. The summed E-state index contributed by atoms with van der Waals surface area (Å²) < 4.78 is 36.8. The first-order chi connectivity index (χ1) is 18.9. The molecule has 3 aromatic carbocycles. The molecule has 2 heterocycles. The summed E-state index contributed by atoms with van der Waals surface area (Å²) in [5.74, 6) is -2.69. The number of hydrogen-bond acceptors (Lipinski definition) is 5. The van der Waals surface area contributed by atoms with Crippen molar-refractivity contribution in [3.05, 3.63) is 101 Å². The second-order valence-corrected chi connectivity index (χ2v) is 8.63. The fraction of sp³-hybridized carbons (Fsp3) is 0.172. The van der Waals surface area contributed by atoms with Crippen LogP contribution in [0, 0.1) is 11.6 Å². The molecule has 1 aliphatic rings. The predicted octanol–water partition coefficient (Wildman–Crippen LogP) is 4.79. The Hall–Kier alpha value is -4.86. The number of anilines is 1. The quantitative estimate of drug-likeness (QED) is 0.360. The van der Waals surface area contributed by atoms with E-state index in [-0.39, 0.29) is 35.0 Å². The Kier molecular flexibility index (Phi) is 7.18. The molecule has 2 amide bonds. The summed E-state index contributed by atoms with van der Waals surface area (Å²) >= 11 is 0. The van der Waals surface area contributed by atoms with Crippen LogP contribution in [-0.2, 0) is 11.3 Å². The zero-order chi connectivity index (χ0) is 27.5. The van der Waals surface area contributed by atoms with Crippen LogP contribution in [0.2, 0.25) is 0 Å². The van der Waals surface area contributed by atoms with Crippen LogP contribution in [0.5, 0.6) is 5.88 Å². The second kappa shape index (κ2) is 10.9. The van der Waals surface area contributed by atoms with Gasteiger partial charge in [0.25, 0.3) is 11.8 Å². The number of benzene rings is 3. The van der Waals surface area contributed by atoms with Gasteiger partial charge in [0, 0.05) is 23.2 Å². The number of nitrogens with zero attached hydrogens (tertiary/aromatic N) is 3. The fourth-order valence-electron chi connectivity index (χ4n) is 4.46. The molecule has 0 fully saturated rings. The molecular weight excluding hydrogens is 504 g/mol. The molecule has 39 heavy (non-hydrogen) atoms. The van der Waals surface area contributed by atoms with Gasteiger partial charge < -0.3 is 15.4 Å². The molecule has 0 radical (unpaired) electrons. The lowest BCUT2D eigenvalue weighted by molar-refractivity contribution is -0.117. The van der Waals surface area contributed by atoms with Crippen LogP contribution >= 0.6 is 0 Å². The molecule has 0 saturated carbocycles. The van der Waals surface area contributed by atoms with E-state index in [0.29, 0.717) is 23.4 Å². The Morgan fingerprint density at radius 2 is 1.67 bits per heavy atom. The van der Waals surface area contributed by atoms with Crippen LogP contribution < -0.4 is 15.4 Å². The topological polar surface area (TPSA) is 97.6 Å². The zero-order valence-corrected chi connectivity index (χ0v) is 21.2. The predicted molar refractivity (Wildman–Crippen MR) is 143 cm³/mol. The third kappa shape index (κ3) is 4.88. The van der Waals surface area contributed by atoms with E-state index in [1.165, 1.54) is 28.9 Å². The number of ether oxygens (including phenoxy) is 1. The Morgan fingerprint density at radius 3 is 2.38 bits per heavy atom. The summed E-state index contributed by atoms with van der Waals surface area (Å²) in [6, 6.07) is 19.4. The highest BCUT2D eigenvalue weighted by atomic mass is 19.1. The standard InChI is InChI=1S/C29H25F2N5O3/c1-3-36-25(18-13-8-9-15-20(18)30)22(29(35-36)39-4-2)27(37)34-26-28(38)33-24-19(14-10-16-21(24)31)23(32-26)17-11-6-5-7-12-17/h5-16,26H,3-4H2,1-2H3,(H,33,38)(H,34,37)/t26-/m1/s1. The van der Waals surface area contributed by atoms with Crippen LogP contribution in [-0.4, -0.2) is 40.1 Å². The van der Waals surface area contributed by atoms with Crippen molar-refractivity contribution in [3.63, 3.8) is 0 Å². The van der Waals surface area contributed by atoms with Gasteiger partial charge in [0.15, 0.2) is 0 Å². The minimum atomic E-state index is -1.44. The van der Waals surface area contributed by atoms with Crippen molar-refractivity contribution in [1.29, 1.82) is 0 Å². The van der Waals surface area contributed by atoms with Crippen molar-refractivity contribution in [3.8, 4) is 17.1 Å². The molecule has 5 rings (SSSR count). The number of fused-ring (bicyclic) bond motifs is 1. The summed E-state index contributed by atoms with van der Waals surface area (Å²) in [6.45, 7) is 4.06. The van der Waals surface area contributed by atoms with Gasteiger partial charge in [0.2, 0.25) is 12.0 Å². The van der Waals surface area contributed by atoms with E-state index in [1.807, 2.05) is 6.07 Å². The van der Waals surface area contributed by atoms with Crippen LogP contribution in [0.15, 0.2) is 77.8 Å². The molecule has 2 N–H and O–H groups in total.